The number of sulfonamides is 1. The monoisotopic (exact) mass is 349 g/mol. The second kappa shape index (κ2) is 8.17. The van der Waals surface area contributed by atoms with Gasteiger partial charge in [0.05, 0.1) is 18.1 Å². The first kappa shape index (κ1) is 18.5. The Morgan fingerprint density at radius 3 is 2.19 bits per heavy atom. The molecule has 0 heterocycles. The first-order valence-corrected chi connectivity index (χ1v) is 10.5. The van der Waals surface area contributed by atoms with Crippen molar-refractivity contribution in [3.8, 4) is 0 Å². The molecule has 0 aliphatic carbocycles. The minimum absolute atomic E-state index is 0.0362. The highest BCUT2D eigenvalue weighted by Gasteiger charge is 2.37. The van der Waals surface area contributed by atoms with Crippen LogP contribution in [0.4, 0.5) is 0 Å². The molecular formula is C13H20NO4PS2. The van der Waals surface area contributed by atoms with Crippen molar-refractivity contribution in [2.45, 2.75) is 18.7 Å². The summed E-state index contributed by atoms with van der Waals surface area (Å²) in [6.07, 6.45) is 1.47. The van der Waals surface area contributed by atoms with E-state index < -0.39 is 16.7 Å². The molecule has 0 unspecified atom stereocenters. The van der Waals surface area contributed by atoms with Gasteiger partial charge in [-0.15, -0.1) is 10.7 Å². The predicted molar refractivity (Wildman–Crippen MR) is 88.1 cm³/mol. The van der Waals surface area contributed by atoms with E-state index in [2.05, 4.69) is 6.58 Å². The molecule has 0 aliphatic rings. The van der Waals surface area contributed by atoms with E-state index in [1.54, 1.807) is 32.0 Å². The second-order valence-electron chi connectivity index (χ2n) is 3.92. The molecule has 0 amide bonds. The standard InChI is InChI=1S/C13H20NO4PS2/c1-4-12-14(19(20,17-5-2)18-6-3)21(15,16)13-10-8-7-9-11-13/h4,7-11H,1,5-6,12H2,2-3H3. The Morgan fingerprint density at radius 2 is 1.76 bits per heavy atom. The maximum Gasteiger partial charge on any atom is 0.278 e. The first-order valence-electron chi connectivity index (χ1n) is 6.50. The third kappa shape index (κ3) is 4.45. The minimum Gasteiger partial charge on any atom is -0.317 e. The topological polar surface area (TPSA) is 55.8 Å². The van der Waals surface area contributed by atoms with Crippen LogP contribution in [0.1, 0.15) is 13.8 Å². The fourth-order valence-corrected chi connectivity index (χ4v) is 7.23. The number of nitrogens with zero attached hydrogens (tertiary/aromatic N) is 1. The molecule has 0 saturated carbocycles. The van der Waals surface area contributed by atoms with Crippen LogP contribution in [0.3, 0.4) is 0 Å². The van der Waals surface area contributed by atoms with Crippen molar-refractivity contribution in [3.63, 3.8) is 0 Å². The van der Waals surface area contributed by atoms with E-state index in [4.69, 9.17) is 20.9 Å². The highest BCUT2D eigenvalue weighted by molar-refractivity contribution is 8.13. The highest BCUT2D eigenvalue weighted by Crippen LogP contribution is 2.54. The lowest BCUT2D eigenvalue weighted by molar-refractivity contribution is 0.242. The molecule has 0 saturated heterocycles. The molecule has 21 heavy (non-hydrogen) atoms. The molecule has 8 heteroatoms. The van der Waals surface area contributed by atoms with E-state index >= 15 is 0 Å². The van der Waals surface area contributed by atoms with Crippen molar-refractivity contribution >= 4 is 28.5 Å². The molecule has 0 aliphatic heterocycles. The van der Waals surface area contributed by atoms with Crippen LogP contribution < -0.4 is 0 Å². The van der Waals surface area contributed by atoms with Crippen LogP contribution in [0, 0.1) is 0 Å². The SMILES string of the molecule is C=CCN(P(=S)(OCC)OCC)S(=O)(=O)c1ccccc1. The third-order valence-electron chi connectivity index (χ3n) is 2.46. The Balaban J connectivity index is 3.34. The van der Waals surface area contributed by atoms with E-state index in [9.17, 15) is 8.42 Å². The van der Waals surface area contributed by atoms with Gasteiger partial charge < -0.3 is 9.05 Å². The zero-order valence-corrected chi connectivity index (χ0v) is 14.7. The van der Waals surface area contributed by atoms with Gasteiger partial charge in [-0.3, -0.25) is 0 Å². The Bertz CT molecular complexity index is 594. The summed E-state index contributed by atoms with van der Waals surface area (Å²) in [5.74, 6) is 0. The van der Waals surface area contributed by atoms with Gasteiger partial charge in [0.1, 0.15) is 0 Å². The van der Waals surface area contributed by atoms with Gasteiger partial charge in [-0.25, -0.2) is 8.42 Å². The highest BCUT2D eigenvalue weighted by atomic mass is 32.5. The van der Waals surface area contributed by atoms with Crippen molar-refractivity contribution in [3.05, 3.63) is 43.0 Å². The lowest BCUT2D eigenvalue weighted by Crippen LogP contribution is -2.30. The van der Waals surface area contributed by atoms with Gasteiger partial charge in [-0.2, -0.15) is 0 Å². The molecule has 0 N–H and O–H groups in total. The Kier molecular flexibility index (Phi) is 7.20. The van der Waals surface area contributed by atoms with Crippen LogP contribution in [0.5, 0.6) is 0 Å². The van der Waals surface area contributed by atoms with Gasteiger partial charge in [-0.1, -0.05) is 24.3 Å². The number of hydrogen-bond donors (Lipinski definition) is 0. The average molecular weight is 349 g/mol. The van der Waals surface area contributed by atoms with Crippen LogP contribution in [0.25, 0.3) is 0 Å². The lowest BCUT2D eigenvalue weighted by atomic mass is 10.4. The first-order chi connectivity index (χ1) is 9.92. The molecule has 0 spiro atoms. The van der Waals surface area contributed by atoms with Crippen molar-refractivity contribution in [2.24, 2.45) is 0 Å². The summed E-state index contributed by atoms with van der Waals surface area (Å²) in [6.45, 7) is 4.56. The summed E-state index contributed by atoms with van der Waals surface area (Å²) in [5.41, 5.74) is 0. The van der Waals surface area contributed by atoms with Gasteiger partial charge in [0.15, 0.2) is 0 Å². The average Bonchev–Trinajstić information content (AvgIpc) is 2.46. The van der Waals surface area contributed by atoms with Crippen molar-refractivity contribution < 1.29 is 17.5 Å². The molecule has 0 aromatic heterocycles. The van der Waals surface area contributed by atoms with Gasteiger partial charge in [-0.05, 0) is 37.8 Å². The van der Waals surface area contributed by atoms with Crippen LogP contribution >= 0.6 is 6.64 Å². The molecule has 1 rings (SSSR count). The maximum atomic E-state index is 12.8. The number of rotatable bonds is 9. The molecule has 0 radical (unpaired) electrons. The maximum absolute atomic E-state index is 12.8. The van der Waals surface area contributed by atoms with E-state index in [1.807, 2.05) is 0 Å². The van der Waals surface area contributed by atoms with Gasteiger partial charge in [0, 0.05) is 6.54 Å². The summed E-state index contributed by atoms with van der Waals surface area (Å²) in [5, 5.41) is 0. The Labute approximate surface area is 131 Å². The van der Waals surface area contributed by atoms with Crippen molar-refractivity contribution in [1.29, 1.82) is 0 Å². The van der Waals surface area contributed by atoms with Crippen LogP contribution in [0.15, 0.2) is 47.9 Å². The molecular weight excluding hydrogens is 329 g/mol. The zero-order chi connectivity index (χ0) is 15.9. The number of hydrogen-bond acceptors (Lipinski definition) is 5. The second-order valence-corrected chi connectivity index (χ2v) is 9.37. The van der Waals surface area contributed by atoms with E-state index in [1.165, 1.54) is 18.2 Å². The van der Waals surface area contributed by atoms with Crippen molar-refractivity contribution in [2.75, 3.05) is 19.8 Å². The molecule has 0 fully saturated rings. The molecule has 118 valence electrons. The summed E-state index contributed by atoms with van der Waals surface area (Å²) in [6, 6.07) is 8.09. The van der Waals surface area contributed by atoms with E-state index in [0.29, 0.717) is 0 Å². The largest absolute Gasteiger partial charge is 0.317 e. The van der Waals surface area contributed by atoms with E-state index in [-0.39, 0.29) is 24.7 Å². The fraction of sp³-hybridized carbons (Fsp3) is 0.385. The summed E-state index contributed by atoms with van der Waals surface area (Å²) < 4.78 is 37.7. The van der Waals surface area contributed by atoms with Crippen LogP contribution in [-0.4, -0.2) is 32.3 Å². The van der Waals surface area contributed by atoms with Crippen molar-refractivity contribution in [1.82, 2.24) is 4.08 Å². The van der Waals surface area contributed by atoms with E-state index in [0.717, 1.165) is 4.08 Å². The fourth-order valence-electron chi connectivity index (χ4n) is 1.65. The van der Waals surface area contributed by atoms with Gasteiger partial charge >= 0.3 is 0 Å². The lowest BCUT2D eigenvalue weighted by Gasteiger charge is -2.31. The van der Waals surface area contributed by atoms with Gasteiger partial charge in [0.25, 0.3) is 16.7 Å². The summed E-state index contributed by atoms with van der Waals surface area (Å²) in [7, 11) is -3.81. The number of benzene rings is 1. The van der Waals surface area contributed by atoms with Crippen LogP contribution in [0.2, 0.25) is 0 Å². The predicted octanol–water partition coefficient (Wildman–Crippen LogP) is 3.16. The minimum atomic E-state index is -3.81. The molecule has 0 bridgehead atoms. The molecule has 1 aromatic carbocycles. The Hall–Kier alpha value is -0.560. The molecule has 1 aromatic rings. The summed E-state index contributed by atoms with van der Waals surface area (Å²) in [4.78, 5) is 0.153. The molecule has 0 atom stereocenters. The zero-order valence-electron chi connectivity index (χ0n) is 12.1. The molecule has 5 nitrogen and oxygen atoms in total. The quantitative estimate of drug-likeness (QED) is 0.506. The third-order valence-corrected chi connectivity index (χ3v) is 8.74. The van der Waals surface area contributed by atoms with Crippen LogP contribution in [-0.2, 0) is 30.9 Å². The van der Waals surface area contributed by atoms with Gasteiger partial charge in [0.2, 0.25) is 0 Å². The normalized spacial score (nSPS) is 12.5. The smallest absolute Gasteiger partial charge is 0.278 e. The summed E-state index contributed by atoms with van der Waals surface area (Å²) >= 11 is 5.40. The Morgan fingerprint density at radius 1 is 1.24 bits per heavy atom.